The van der Waals surface area contributed by atoms with Crippen LogP contribution >= 0.6 is 11.6 Å². The van der Waals surface area contributed by atoms with Gasteiger partial charge in [0.15, 0.2) is 0 Å². The Hall–Kier alpha value is -2.76. The van der Waals surface area contributed by atoms with Gasteiger partial charge in [-0.2, -0.15) is 5.10 Å². The first-order chi connectivity index (χ1) is 18.9. The number of nitrogens with zero attached hydrogens (tertiary/aromatic N) is 3. The summed E-state index contributed by atoms with van der Waals surface area (Å²) in [6.07, 6.45) is 6.87. The topological polar surface area (TPSA) is 132 Å². The number of carbonyl (C=O) groups excluding carboxylic acids is 1. The van der Waals surface area contributed by atoms with Crippen LogP contribution < -0.4 is 10.6 Å². The second kappa shape index (κ2) is 13.5. The fourth-order valence-corrected chi connectivity index (χ4v) is 5.38. The lowest BCUT2D eigenvalue weighted by atomic mass is 10.0. The molecule has 39 heavy (non-hydrogen) atoms. The monoisotopic (exact) mass is 564 g/mol. The average molecular weight is 565 g/mol. The van der Waals surface area contributed by atoms with E-state index in [4.69, 9.17) is 21.3 Å². The van der Waals surface area contributed by atoms with Gasteiger partial charge in [0.25, 0.3) is 0 Å². The van der Waals surface area contributed by atoms with Gasteiger partial charge in [-0.1, -0.05) is 17.7 Å². The first-order valence-corrected chi connectivity index (χ1v) is 14.0. The summed E-state index contributed by atoms with van der Waals surface area (Å²) in [5.74, 6) is -0.510. The Balaban J connectivity index is 1.30. The van der Waals surface area contributed by atoms with E-state index in [1.807, 2.05) is 4.90 Å². The second-order valence-corrected chi connectivity index (χ2v) is 10.8. The lowest BCUT2D eigenvalue weighted by molar-refractivity contribution is -0.142. The van der Waals surface area contributed by atoms with Crippen molar-refractivity contribution < 1.29 is 23.8 Å². The third-order valence-electron chi connectivity index (χ3n) is 7.67. The molecule has 4 rings (SSSR count). The minimum Gasteiger partial charge on any atom is -0.480 e. The number of halogens is 2. The molecule has 2 atom stereocenters. The number of rotatable bonds is 16. The molecule has 1 aliphatic heterocycles. The van der Waals surface area contributed by atoms with E-state index in [-0.39, 0.29) is 12.3 Å². The van der Waals surface area contributed by atoms with Crippen molar-refractivity contribution in [1.82, 2.24) is 25.4 Å². The van der Waals surface area contributed by atoms with Gasteiger partial charge in [-0.3, -0.25) is 9.89 Å². The van der Waals surface area contributed by atoms with E-state index in [1.54, 1.807) is 0 Å². The predicted molar refractivity (Wildman–Crippen MR) is 146 cm³/mol. The smallest absolute Gasteiger partial charge is 0.326 e. The number of carbonyl (C=O) groups is 2. The summed E-state index contributed by atoms with van der Waals surface area (Å²) in [7, 11) is 1.47. The summed E-state index contributed by atoms with van der Waals surface area (Å²) in [5.41, 5.74) is 1.94. The number of fused-ring (bicyclic) bond motifs is 1. The van der Waals surface area contributed by atoms with E-state index < -0.39 is 30.2 Å². The maximum absolute atomic E-state index is 13.4. The highest BCUT2D eigenvalue weighted by Crippen LogP contribution is 2.49. The zero-order valence-corrected chi connectivity index (χ0v) is 23.1. The molecule has 0 aromatic carbocycles. The van der Waals surface area contributed by atoms with Gasteiger partial charge < -0.3 is 25.4 Å². The molecule has 0 bridgehead atoms. The van der Waals surface area contributed by atoms with Crippen LogP contribution in [0.15, 0.2) is 18.3 Å². The number of aryl methyl sites for hydroxylation is 2. The number of aromatic amines is 1. The van der Waals surface area contributed by atoms with Crippen molar-refractivity contribution in [3.8, 4) is 0 Å². The van der Waals surface area contributed by atoms with Gasteiger partial charge >= 0.3 is 5.97 Å². The third kappa shape index (κ3) is 7.46. The molecular formula is C27H38ClFN6O4. The maximum atomic E-state index is 13.4. The van der Waals surface area contributed by atoms with Crippen molar-refractivity contribution in [2.45, 2.75) is 68.9 Å². The number of aliphatic carboxylic acids is 1. The summed E-state index contributed by atoms with van der Waals surface area (Å²) in [5, 5.41) is 22.9. The number of amides is 1. The van der Waals surface area contributed by atoms with Crippen LogP contribution in [0, 0.1) is 0 Å². The summed E-state index contributed by atoms with van der Waals surface area (Å²) < 4.78 is 18.7. The van der Waals surface area contributed by atoms with Gasteiger partial charge in [0.2, 0.25) is 5.91 Å². The number of H-pyrrole nitrogens is 1. The lowest BCUT2D eigenvalue weighted by Gasteiger charge is -2.27. The van der Waals surface area contributed by atoms with Crippen molar-refractivity contribution in [3.63, 3.8) is 0 Å². The van der Waals surface area contributed by atoms with E-state index >= 15 is 0 Å². The van der Waals surface area contributed by atoms with Gasteiger partial charge in [-0.25, -0.2) is 14.2 Å². The van der Waals surface area contributed by atoms with Crippen LogP contribution in [-0.4, -0.2) is 89.2 Å². The fraction of sp³-hybridized carbons (Fsp3) is 0.630. The molecule has 10 nitrogen and oxygen atoms in total. The highest BCUT2D eigenvalue weighted by molar-refractivity contribution is 6.31. The molecule has 0 radical (unpaired) electrons. The minimum atomic E-state index is -1.12. The number of carboxylic acid groups (broad SMARTS) is 1. The van der Waals surface area contributed by atoms with Crippen molar-refractivity contribution in [3.05, 3.63) is 40.3 Å². The minimum absolute atomic E-state index is 0.175. The molecule has 1 aliphatic carbocycles. The van der Waals surface area contributed by atoms with Gasteiger partial charge in [0, 0.05) is 32.4 Å². The second-order valence-electron chi connectivity index (χ2n) is 10.4. The Morgan fingerprint density at radius 1 is 1.31 bits per heavy atom. The van der Waals surface area contributed by atoms with Crippen LogP contribution in [0.1, 0.15) is 55.5 Å². The number of aromatic nitrogens is 3. The number of unbranched alkanes of at least 4 members (excludes halogenated alkanes) is 1. The SMILES string of the molecule is COC(CF)CN(CCCCc1ccc2c(n1)NCCC2)CCC(NC(=O)C1(c2[nH]ncc2Cl)CC1)C(=O)O. The van der Waals surface area contributed by atoms with E-state index in [9.17, 15) is 19.1 Å². The molecule has 1 amide bonds. The number of hydrogen-bond donors (Lipinski definition) is 4. The van der Waals surface area contributed by atoms with Gasteiger partial charge in [0.1, 0.15) is 18.5 Å². The third-order valence-corrected chi connectivity index (χ3v) is 7.96. The van der Waals surface area contributed by atoms with Crippen LogP contribution in [0.3, 0.4) is 0 Å². The van der Waals surface area contributed by atoms with Gasteiger partial charge in [-0.15, -0.1) is 0 Å². The number of nitrogens with one attached hydrogen (secondary N) is 3. The molecule has 3 heterocycles. The Bertz CT molecular complexity index is 1120. The van der Waals surface area contributed by atoms with Crippen LogP contribution in [0.2, 0.25) is 5.02 Å². The van der Waals surface area contributed by atoms with Crippen molar-refractivity contribution in [2.24, 2.45) is 0 Å². The van der Waals surface area contributed by atoms with E-state index in [1.165, 1.54) is 18.9 Å². The Labute approximate surface area is 233 Å². The number of carboxylic acids is 1. The van der Waals surface area contributed by atoms with Crippen molar-refractivity contribution in [2.75, 3.05) is 45.3 Å². The zero-order chi connectivity index (χ0) is 27.8. The number of anilines is 1. The molecule has 12 heteroatoms. The first-order valence-electron chi connectivity index (χ1n) is 13.6. The van der Waals surface area contributed by atoms with E-state index in [2.05, 4.69) is 33.0 Å². The Morgan fingerprint density at radius 3 is 2.79 bits per heavy atom. The molecule has 1 fully saturated rings. The van der Waals surface area contributed by atoms with Crippen LogP contribution in [0.5, 0.6) is 0 Å². The van der Waals surface area contributed by atoms with E-state index in [0.717, 1.165) is 50.2 Å². The number of hydrogen-bond acceptors (Lipinski definition) is 7. The molecule has 0 spiro atoms. The summed E-state index contributed by atoms with van der Waals surface area (Å²) in [4.78, 5) is 31.9. The largest absolute Gasteiger partial charge is 0.480 e. The number of pyridine rings is 1. The molecule has 2 unspecified atom stereocenters. The lowest BCUT2D eigenvalue weighted by Crippen LogP contribution is -2.47. The summed E-state index contributed by atoms with van der Waals surface area (Å²) >= 11 is 6.17. The molecular weight excluding hydrogens is 527 g/mol. The Morgan fingerprint density at radius 2 is 2.13 bits per heavy atom. The average Bonchev–Trinajstić information content (AvgIpc) is 3.64. The molecule has 0 saturated heterocycles. The molecule has 1 saturated carbocycles. The summed E-state index contributed by atoms with van der Waals surface area (Å²) in [6.45, 7) is 1.67. The van der Waals surface area contributed by atoms with Crippen molar-refractivity contribution >= 4 is 29.3 Å². The van der Waals surface area contributed by atoms with Gasteiger partial charge in [0.05, 0.1) is 28.4 Å². The molecule has 2 aliphatic rings. The highest BCUT2D eigenvalue weighted by atomic mass is 35.5. The molecule has 2 aromatic heterocycles. The van der Waals surface area contributed by atoms with Gasteiger partial charge in [-0.05, 0) is 69.5 Å². The van der Waals surface area contributed by atoms with Crippen LogP contribution in [0.25, 0.3) is 0 Å². The predicted octanol–water partition coefficient (Wildman–Crippen LogP) is 3.12. The maximum Gasteiger partial charge on any atom is 0.326 e. The Kier molecular flexibility index (Phi) is 10.1. The van der Waals surface area contributed by atoms with Crippen molar-refractivity contribution in [1.29, 1.82) is 0 Å². The number of ether oxygens (including phenoxy) is 1. The normalized spacial score (nSPS) is 17.2. The highest BCUT2D eigenvalue weighted by Gasteiger charge is 2.54. The standard InChI is InChI=1S/C27H38ClFN6O4/c1-39-20(15-29)17-35(13-3-2-6-19-8-7-18-5-4-12-30-24(18)32-19)14-9-22(25(36)37)33-26(38)27(10-11-27)23-21(28)16-31-34-23/h7-8,16,20,22H,2-6,9-15,17H2,1H3,(H,30,32)(H,31,34)(H,33,38)(H,36,37). The fourth-order valence-electron chi connectivity index (χ4n) is 5.11. The first kappa shape index (κ1) is 29.2. The quantitative estimate of drug-likeness (QED) is 0.229. The molecule has 214 valence electrons. The number of methoxy groups -OCH3 is 1. The zero-order valence-electron chi connectivity index (χ0n) is 22.3. The molecule has 4 N–H and O–H groups in total. The summed E-state index contributed by atoms with van der Waals surface area (Å²) in [6, 6.07) is 3.14. The van der Waals surface area contributed by atoms with Crippen LogP contribution in [-0.2, 0) is 32.6 Å². The molecule has 2 aromatic rings. The number of alkyl halides is 1. The van der Waals surface area contributed by atoms with E-state index in [0.29, 0.717) is 43.2 Å². The van der Waals surface area contributed by atoms with Crippen LogP contribution in [0.4, 0.5) is 10.2 Å².